The summed E-state index contributed by atoms with van der Waals surface area (Å²) in [7, 11) is -4.25. The van der Waals surface area contributed by atoms with Crippen molar-refractivity contribution in [3.8, 4) is 0 Å². The Kier molecular flexibility index (Phi) is 4.14. The van der Waals surface area contributed by atoms with Crippen molar-refractivity contribution in [1.29, 1.82) is 0 Å². The molecule has 1 atom stereocenters. The molecule has 0 aliphatic carbocycles. The van der Waals surface area contributed by atoms with Gasteiger partial charge in [0.15, 0.2) is 0 Å². The summed E-state index contributed by atoms with van der Waals surface area (Å²) in [6, 6.07) is 0. The van der Waals surface area contributed by atoms with E-state index in [0.717, 1.165) is 0 Å². The number of hydrogen-bond acceptors (Lipinski definition) is 4. The third-order valence-corrected chi connectivity index (χ3v) is 2.16. The van der Waals surface area contributed by atoms with Gasteiger partial charge in [-0.3, -0.25) is 4.18 Å². The standard InChI is InChI=1S/C5H9F3O4S/c1-4(11-2)3-12-13(9,10)5(6,7)8/h4H,3H2,1-2H3/t4-/m1/s1. The molecule has 0 spiro atoms. The summed E-state index contributed by atoms with van der Waals surface area (Å²) in [5.41, 5.74) is -5.37. The quantitative estimate of drug-likeness (QED) is 0.523. The second kappa shape index (κ2) is 4.25. The van der Waals surface area contributed by atoms with Gasteiger partial charge in [-0.05, 0) is 6.92 Å². The first-order chi connectivity index (χ1) is 5.70. The summed E-state index contributed by atoms with van der Waals surface area (Å²) in [6.45, 7) is 0.726. The van der Waals surface area contributed by atoms with Gasteiger partial charge in [0.05, 0.1) is 12.7 Å². The van der Waals surface area contributed by atoms with Crippen LogP contribution in [0.3, 0.4) is 0 Å². The topological polar surface area (TPSA) is 52.6 Å². The molecular weight excluding hydrogens is 213 g/mol. The van der Waals surface area contributed by atoms with Gasteiger partial charge in [0, 0.05) is 7.11 Å². The fourth-order valence-electron chi connectivity index (χ4n) is 0.320. The van der Waals surface area contributed by atoms with Gasteiger partial charge < -0.3 is 4.74 Å². The maximum atomic E-state index is 11.6. The van der Waals surface area contributed by atoms with Crippen LogP contribution in [0, 0.1) is 0 Å². The summed E-state index contributed by atoms with van der Waals surface area (Å²) < 4.78 is 63.6. The molecule has 0 aromatic heterocycles. The summed E-state index contributed by atoms with van der Waals surface area (Å²) in [5, 5.41) is 0. The molecule has 0 aromatic rings. The Bertz CT molecular complexity index is 245. The average Bonchev–Trinajstić information content (AvgIpc) is 1.98. The van der Waals surface area contributed by atoms with Crippen molar-refractivity contribution >= 4 is 10.1 Å². The summed E-state index contributed by atoms with van der Waals surface area (Å²) in [4.78, 5) is 0. The molecule has 0 aromatic carbocycles. The Morgan fingerprint density at radius 2 is 1.85 bits per heavy atom. The molecule has 4 nitrogen and oxygen atoms in total. The first kappa shape index (κ1) is 12.7. The van der Waals surface area contributed by atoms with Gasteiger partial charge >= 0.3 is 15.6 Å². The Balaban J connectivity index is 4.22. The molecule has 80 valence electrons. The lowest BCUT2D eigenvalue weighted by Crippen LogP contribution is -2.28. The van der Waals surface area contributed by atoms with E-state index in [1.54, 1.807) is 0 Å². The lowest BCUT2D eigenvalue weighted by Gasteiger charge is -2.11. The van der Waals surface area contributed by atoms with E-state index in [0.29, 0.717) is 0 Å². The van der Waals surface area contributed by atoms with E-state index < -0.39 is 28.3 Å². The van der Waals surface area contributed by atoms with E-state index >= 15 is 0 Å². The fourth-order valence-corrected chi connectivity index (χ4v) is 0.825. The van der Waals surface area contributed by atoms with Gasteiger partial charge in [-0.2, -0.15) is 21.6 Å². The Hall–Kier alpha value is -0.340. The highest BCUT2D eigenvalue weighted by Crippen LogP contribution is 2.24. The number of alkyl halides is 3. The molecule has 0 aliphatic rings. The zero-order valence-electron chi connectivity index (χ0n) is 6.96. The molecule has 0 N–H and O–H groups in total. The number of halogens is 3. The zero-order valence-corrected chi connectivity index (χ0v) is 7.78. The molecule has 8 heteroatoms. The third kappa shape index (κ3) is 3.92. The van der Waals surface area contributed by atoms with E-state index in [9.17, 15) is 21.6 Å². The van der Waals surface area contributed by atoms with Crippen LogP contribution in [0.1, 0.15) is 6.92 Å². The molecule has 0 saturated carbocycles. The fraction of sp³-hybridized carbons (Fsp3) is 1.00. The second-order valence-corrected chi connectivity index (χ2v) is 3.84. The summed E-state index contributed by atoms with van der Waals surface area (Å²) in [5.74, 6) is 0. The molecule has 0 rings (SSSR count). The van der Waals surface area contributed by atoms with Crippen LogP contribution in [0.2, 0.25) is 0 Å². The van der Waals surface area contributed by atoms with E-state index in [1.165, 1.54) is 14.0 Å². The van der Waals surface area contributed by atoms with Crippen LogP contribution in [-0.2, 0) is 19.0 Å². The number of rotatable bonds is 4. The average molecular weight is 222 g/mol. The highest BCUT2D eigenvalue weighted by atomic mass is 32.2. The Labute approximate surface area is 73.8 Å². The van der Waals surface area contributed by atoms with Crippen LogP contribution in [-0.4, -0.2) is 33.7 Å². The minimum atomic E-state index is -5.48. The lowest BCUT2D eigenvalue weighted by atomic mass is 10.4. The molecule has 0 saturated heterocycles. The predicted octanol–water partition coefficient (Wildman–Crippen LogP) is 0.888. The summed E-state index contributed by atoms with van der Waals surface area (Å²) >= 11 is 0. The van der Waals surface area contributed by atoms with Crippen molar-refractivity contribution in [2.75, 3.05) is 13.7 Å². The van der Waals surface area contributed by atoms with Crippen molar-refractivity contribution in [3.05, 3.63) is 0 Å². The van der Waals surface area contributed by atoms with Crippen molar-refractivity contribution in [3.63, 3.8) is 0 Å². The van der Waals surface area contributed by atoms with Gasteiger partial charge in [0.25, 0.3) is 0 Å². The molecule has 0 heterocycles. The number of hydrogen-bond donors (Lipinski definition) is 0. The van der Waals surface area contributed by atoms with Gasteiger partial charge in [0.2, 0.25) is 0 Å². The Morgan fingerprint density at radius 3 is 2.15 bits per heavy atom. The maximum Gasteiger partial charge on any atom is 0.523 e. The van der Waals surface area contributed by atoms with Gasteiger partial charge in [-0.15, -0.1) is 0 Å². The minimum absolute atomic E-state index is 0.654. The van der Waals surface area contributed by atoms with E-state index in [2.05, 4.69) is 8.92 Å². The van der Waals surface area contributed by atoms with Crippen molar-refractivity contribution in [2.45, 2.75) is 18.5 Å². The second-order valence-electron chi connectivity index (χ2n) is 2.23. The van der Waals surface area contributed by atoms with Crippen molar-refractivity contribution in [1.82, 2.24) is 0 Å². The zero-order chi connectivity index (χ0) is 10.7. The van der Waals surface area contributed by atoms with Crippen LogP contribution < -0.4 is 0 Å². The Morgan fingerprint density at radius 1 is 1.38 bits per heavy atom. The van der Waals surface area contributed by atoms with Crippen molar-refractivity contribution in [2.24, 2.45) is 0 Å². The highest BCUT2D eigenvalue weighted by Gasteiger charge is 2.47. The lowest BCUT2D eigenvalue weighted by molar-refractivity contribution is -0.0569. The molecule has 0 fully saturated rings. The molecule has 13 heavy (non-hydrogen) atoms. The largest absolute Gasteiger partial charge is 0.523 e. The van der Waals surface area contributed by atoms with E-state index in [-0.39, 0.29) is 0 Å². The monoisotopic (exact) mass is 222 g/mol. The maximum absolute atomic E-state index is 11.6. The third-order valence-electron chi connectivity index (χ3n) is 1.14. The smallest absolute Gasteiger partial charge is 0.379 e. The van der Waals surface area contributed by atoms with E-state index in [4.69, 9.17) is 0 Å². The molecule has 0 amide bonds. The molecule has 0 unspecified atom stereocenters. The summed E-state index contributed by atoms with van der Waals surface area (Å²) in [6.07, 6.45) is -0.711. The van der Waals surface area contributed by atoms with Crippen LogP contribution in [0.25, 0.3) is 0 Å². The van der Waals surface area contributed by atoms with Crippen LogP contribution in [0.4, 0.5) is 13.2 Å². The van der Waals surface area contributed by atoms with Crippen LogP contribution >= 0.6 is 0 Å². The van der Waals surface area contributed by atoms with Gasteiger partial charge in [-0.25, -0.2) is 0 Å². The molecule has 0 bridgehead atoms. The van der Waals surface area contributed by atoms with Crippen molar-refractivity contribution < 1.29 is 30.5 Å². The highest BCUT2D eigenvalue weighted by molar-refractivity contribution is 7.87. The molecule has 0 radical (unpaired) electrons. The number of methoxy groups -OCH3 is 1. The SMILES string of the molecule is CO[C@H](C)COS(=O)(=O)C(F)(F)F. The molecule has 0 aliphatic heterocycles. The first-order valence-electron chi connectivity index (χ1n) is 3.19. The predicted molar refractivity (Wildman–Crippen MR) is 37.4 cm³/mol. The van der Waals surface area contributed by atoms with Crippen LogP contribution in [0.5, 0.6) is 0 Å². The van der Waals surface area contributed by atoms with Gasteiger partial charge in [0.1, 0.15) is 0 Å². The number of ether oxygens (including phenoxy) is 1. The van der Waals surface area contributed by atoms with Gasteiger partial charge in [-0.1, -0.05) is 0 Å². The minimum Gasteiger partial charge on any atom is -0.379 e. The first-order valence-corrected chi connectivity index (χ1v) is 4.60. The normalized spacial score (nSPS) is 15.8. The van der Waals surface area contributed by atoms with E-state index in [1.807, 2.05) is 0 Å². The van der Waals surface area contributed by atoms with Crippen LogP contribution in [0.15, 0.2) is 0 Å². The molecular formula is C5H9F3O4S.